The first-order chi connectivity index (χ1) is 8.87. The van der Waals surface area contributed by atoms with Crippen molar-refractivity contribution in [1.29, 1.82) is 0 Å². The Morgan fingerprint density at radius 2 is 2.00 bits per heavy atom. The average molecular weight is 291 g/mol. The molecule has 2 N–H and O–H groups in total. The van der Waals surface area contributed by atoms with Gasteiger partial charge < -0.3 is 10.1 Å². The molecule has 0 aliphatic carbocycles. The molecule has 0 spiro atoms. The second-order valence-corrected chi connectivity index (χ2v) is 7.02. The van der Waals surface area contributed by atoms with E-state index in [1.165, 1.54) is 4.31 Å². The minimum atomic E-state index is -3.81. The molecule has 0 radical (unpaired) electrons. The number of amides is 1. The van der Waals surface area contributed by atoms with Gasteiger partial charge in [-0.1, -0.05) is 0 Å². The lowest BCUT2D eigenvalue weighted by molar-refractivity contribution is 0.121. The Balaban J connectivity index is 1.97. The normalized spacial score (nSPS) is 28.2. The number of fused-ring (bicyclic) bond motifs is 2. The number of carbonyl (C=O) groups is 1. The zero-order valence-electron chi connectivity index (χ0n) is 11.3. The molecule has 2 atom stereocenters. The fraction of sp³-hybridized carbons (Fsp3) is 0.909. The summed E-state index contributed by atoms with van der Waals surface area (Å²) in [6.07, 6.45) is 1.58. The molecular weight excluding hydrogens is 270 g/mol. The maximum atomic E-state index is 12.1. The summed E-state index contributed by atoms with van der Waals surface area (Å²) >= 11 is 0. The third-order valence-electron chi connectivity index (χ3n) is 3.38. The van der Waals surface area contributed by atoms with Gasteiger partial charge in [0.1, 0.15) is 0 Å². The molecule has 2 saturated heterocycles. The number of hydrogen-bond donors (Lipinski definition) is 2. The monoisotopic (exact) mass is 291 g/mol. The van der Waals surface area contributed by atoms with E-state index in [1.807, 2.05) is 4.72 Å². The van der Waals surface area contributed by atoms with Gasteiger partial charge in [0.15, 0.2) is 0 Å². The molecule has 2 bridgehead atoms. The van der Waals surface area contributed by atoms with Crippen LogP contribution >= 0.6 is 0 Å². The SMILES string of the molecule is CC(C)OC(=O)NS(=O)(=O)N1CCC2CCC(C1)N2. The van der Waals surface area contributed by atoms with Gasteiger partial charge >= 0.3 is 16.3 Å². The molecule has 2 fully saturated rings. The number of nitrogens with zero attached hydrogens (tertiary/aromatic N) is 1. The van der Waals surface area contributed by atoms with Crippen LogP contribution in [0.3, 0.4) is 0 Å². The van der Waals surface area contributed by atoms with Gasteiger partial charge in [-0.3, -0.25) is 0 Å². The van der Waals surface area contributed by atoms with Crippen LogP contribution in [-0.4, -0.2) is 50.1 Å². The fourth-order valence-electron chi connectivity index (χ4n) is 2.54. The fourth-order valence-corrected chi connectivity index (χ4v) is 3.65. The molecule has 2 heterocycles. The van der Waals surface area contributed by atoms with Gasteiger partial charge in [0, 0.05) is 25.2 Å². The lowest BCUT2D eigenvalue weighted by atomic mass is 10.1. The summed E-state index contributed by atoms with van der Waals surface area (Å²) < 4.78 is 32.3. The van der Waals surface area contributed by atoms with Crippen LogP contribution in [0.4, 0.5) is 4.79 Å². The van der Waals surface area contributed by atoms with Gasteiger partial charge in [-0.25, -0.2) is 9.52 Å². The van der Waals surface area contributed by atoms with E-state index in [-0.39, 0.29) is 12.1 Å². The number of nitrogens with one attached hydrogen (secondary N) is 2. The first-order valence-corrected chi connectivity index (χ1v) is 8.05. The quantitative estimate of drug-likeness (QED) is 0.775. The second kappa shape index (κ2) is 5.64. The molecule has 0 aromatic carbocycles. The average Bonchev–Trinajstić information content (AvgIpc) is 2.54. The first kappa shape index (κ1) is 14.5. The van der Waals surface area contributed by atoms with E-state index in [2.05, 4.69) is 5.32 Å². The Kier molecular flexibility index (Phi) is 4.32. The Morgan fingerprint density at radius 1 is 1.32 bits per heavy atom. The molecule has 7 nitrogen and oxygen atoms in total. The van der Waals surface area contributed by atoms with E-state index in [1.54, 1.807) is 13.8 Å². The largest absolute Gasteiger partial charge is 0.446 e. The van der Waals surface area contributed by atoms with Crippen LogP contribution in [0.1, 0.15) is 33.1 Å². The molecule has 2 unspecified atom stereocenters. The van der Waals surface area contributed by atoms with Gasteiger partial charge in [0.2, 0.25) is 0 Å². The third kappa shape index (κ3) is 3.80. The van der Waals surface area contributed by atoms with Crippen LogP contribution < -0.4 is 10.0 Å². The standard InChI is InChI=1S/C11H21N3O4S/c1-8(2)18-11(15)13-19(16,17)14-6-5-9-3-4-10(7-14)12-9/h8-10,12H,3-7H2,1-2H3,(H,13,15). The van der Waals surface area contributed by atoms with Gasteiger partial charge in [-0.2, -0.15) is 12.7 Å². The van der Waals surface area contributed by atoms with E-state index < -0.39 is 16.3 Å². The zero-order valence-corrected chi connectivity index (χ0v) is 12.1. The smallest absolute Gasteiger partial charge is 0.422 e. The van der Waals surface area contributed by atoms with Crippen LogP contribution in [0.2, 0.25) is 0 Å². The molecule has 2 aliphatic rings. The highest BCUT2D eigenvalue weighted by Gasteiger charge is 2.35. The number of hydrogen-bond acceptors (Lipinski definition) is 5. The van der Waals surface area contributed by atoms with E-state index in [9.17, 15) is 13.2 Å². The Morgan fingerprint density at radius 3 is 2.68 bits per heavy atom. The predicted octanol–water partition coefficient (Wildman–Crippen LogP) is 0.192. The van der Waals surface area contributed by atoms with Crippen LogP contribution in [0.15, 0.2) is 0 Å². The van der Waals surface area contributed by atoms with Crippen LogP contribution in [0, 0.1) is 0 Å². The number of ether oxygens (including phenoxy) is 1. The minimum Gasteiger partial charge on any atom is -0.446 e. The molecule has 2 aliphatic heterocycles. The molecule has 8 heteroatoms. The lowest BCUT2D eigenvalue weighted by Gasteiger charge is -2.23. The molecule has 0 saturated carbocycles. The van der Waals surface area contributed by atoms with Crippen molar-refractivity contribution in [3.63, 3.8) is 0 Å². The van der Waals surface area contributed by atoms with Crippen LogP contribution in [-0.2, 0) is 14.9 Å². The van der Waals surface area contributed by atoms with Crippen molar-refractivity contribution >= 4 is 16.3 Å². The number of rotatable bonds is 3. The van der Waals surface area contributed by atoms with Crippen molar-refractivity contribution in [3.05, 3.63) is 0 Å². The molecule has 110 valence electrons. The van der Waals surface area contributed by atoms with Crippen molar-refractivity contribution in [1.82, 2.24) is 14.3 Å². The first-order valence-electron chi connectivity index (χ1n) is 6.61. The summed E-state index contributed by atoms with van der Waals surface area (Å²) in [5.74, 6) is 0. The summed E-state index contributed by atoms with van der Waals surface area (Å²) in [7, 11) is -3.81. The predicted molar refractivity (Wildman–Crippen MR) is 69.8 cm³/mol. The highest BCUT2D eigenvalue weighted by Crippen LogP contribution is 2.21. The molecule has 0 aromatic rings. The van der Waals surface area contributed by atoms with Crippen molar-refractivity contribution in [2.24, 2.45) is 0 Å². The van der Waals surface area contributed by atoms with Crippen molar-refractivity contribution < 1.29 is 17.9 Å². The molecular formula is C11H21N3O4S. The van der Waals surface area contributed by atoms with Crippen LogP contribution in [0.25, 0.3) is 0 Å². The van der Waals surface area contributed by atoms with Crippen molar-refractivity contribution in [2.45, 2.75) is 51.3 Å². The minimum absolute atomic E-state index is 0.185. The molecule has 19 heavy (non-hydrogen) atoms. The van der Waals surface area contributed by atoms with E-state index in [0.717, 1.165) is 19.3 Å². The van der Waals surface area contributed by atoms with Gasteiger partial charge in [0.25, 0.3) is 0 Å². The number of carbonyl (C=O) groups excluding carboxylic acids is 1. The zero-order chi connectivity index (χ0) is 14.0. The summed E-state index contributed by atoms with van der Waals surface area (Å²) in [4.78, 5) is 11.4. The Hall–Kier alpha value is -0.860. The van der Waals surface area contributed by atoms with Crippen molar-refractivity contribution in [3.8, 4) is 0 Å². The van der Waals surface area contributed by atoms with E-state index in [4.69, 9.17) is 4.74 Å². The van der Waals surface area contributed by atoms with Gasteiger partial charge in [-0.05, 0) is 33.1 Å². The topological polar surface area (TPSA) is 87.7 Å². The highest BCUT2D eigenvalue weighted by atomic mass is 32.2. The summed E-state index contributed by atoms with van der Waals surface area (Å²) in [5, 5.41) is 3.39. The highest BCUT2D eigenvalue weighted by molar-refractivity contribution is 7.87. The second-order valence-electron chi connectivity index (χ2n) is 5.35. The van der Waals surface area contributed by atoms with Crippen LogP contribution in [0.5, 0.6) is 0 Å². The van der Waals surface area contributed by atoms with Gasteiger partial charge in [-0.15, -0.1) is 0 Å². The third-order valence-corrected chi connectivity index (χ3v) is 4.82. The summed E-state index contributed by atoms with van der Waals surface area (Å²) in [6.45, 7) is 4.17. The molecule has 2 rings (SSSR count). The summed E-state index contributed by atoms with van der Waals surface area (Å²) in [6, 6.07) is 0.581. The van der Waals surface area contributed by atoms with Gasteiger partial charge in [0.05, 0.1) is 6.10 Å². The lowest BCUT2D eigenvalue weighted by Crippen LogP contribution is -2.47. The molecule has 0 aromatic heterocycles. The van der Waals surface area contributed by atoms with Crippen molar-refractivity contribution in [2.75, 3.05) is 13.1 Å². The summed E-state index contributed by atoms with van der Waals surface area (Å²) in [5.41, 5.74) is 0. The van der Waals surface area contributed by atoms with E-state index >= 15 is 0 Å². The van der Waals surface area contributed by atoms with E-state index in [0.29, 0.717) is 19.1 Å². The molecule has 1 amide bonds. The Labute approximate surface area is 113 Å². The maximum absolute atomic E-state index is 12.1. The maximum Gasteiger partial charge on any atom is 0.422 e. The Bertz CT molecular complexity index is 437.